The van der Waals surface area contributed by atoms with Crippen LogP contribution in [0.2, 0.25) is 0 Å². The molecule has 0 aliphatic carbocycles. The van der Waals surface area contributed by atoms with Crippen LogP contribution in [0.3, 0.4) is 0 Å². The molecule has 0 aromatic rings. The van der Waals surface area contributed by atoms with E-state index in [1.165, 1.54) is 32.4 Å². The van der Waals surface area contributed by atoms with Crippen molar-refractivity contribution in [3.05, 3.63) is 72.0 Å². The molecule has 1 heterocycles. The van der Waals surface area contributed by atoms with E-state index in [1.54, 1.807) is 24.3 Å². The molecule has 1 aliphatic heterocycles. The monoisotopic (exact) mass is 589 g/mol. The van der Waals surface area contributed by atoms with Gasteiger partial charge in [-0.15, -0.1) is 0 Å². The Hall–Kier alpha value is -4.15. The highest BCUT2D eigenvalue weighted by Gasteiger charge is 2.32. The van der Waals surface area contributed by atoms with Gasteiger partial charge >= 0.3 is 12.1 Å². The lowest BCUT2D eigenvalue weighted by Gasteiger charge is -2.29. The molecule has 11 heteroatoms. The second-order valence-corrected chi connectivity index (χ2v) is 11.0. The summed E-state index contributed by atoms with van der Waals surface area (Å²) in [5.74, 6) is -1.60. The molecule has 0 unspecified atom stereocenters. The Morgan fingerprint density at radius 3 is 2.43 bits per heavy atom. The van der Waals surface area contributed by atoms with Crippen molar-refractivity contribution in [1.29, 1.82) is 0 Å². The van der Waals surface area contributed by atoms with E-state index < -0.39 is 47.3 Å². The minimum atomic E-state index is -0.979. The maximum atomic E-state index is 13.0. The van der Waals surface area contributed by atoms with Gasteiger partial charge in [-0.1, -0.05) is 63.6 Å². The first-order valence-corrected chi connectivity index (χ1v) is 13.7. The molecular formula is C31H44FN3O7. The summed E-state index contributed by atoms with van der Waals surface area (Å²) in [5.41, 5.74) is 5.38. The highest BCUT2D eigenvalue weighted by atomic mass is 19.1. The zero-order valence-corrected chi connectivity index (χ0v) is 25.4. The predicted molar refractivity (Wildman–Crippen MR) is 158 cm³/mol. The van der Waals surface area contributed by atoms with Crippen LogP contribution in [-0.4, -0.2) is 49.2 Å². The number of methoxy groups -OCH3 is 1. The van der Waals surface area contributed by atoms with Gasteiger partial charge in [-0.2, -0.15) is 0 Å². The fraction of sp³-hybridized carbons (Fsp3) is 0.484. The summed E-state index contributed by atoms with van der Waals surface area (Å²) in [6, 6.07) is -0.855. The van der Waals surface area contributed by atoms with Crippen LogP contribution in [-0.2, 0) is 28.6 Å². The molecule has 0 spiro atoms. The molecule has 0 saturated carbocycles. The van der Waals surface area contributed by atoms with Gasteiger partial charge in [-0.05, 0) is 37.6 Å². The van der Waals surface area contributed by atoms with E-state index in [0.717, 1.165) is 5.57 Å². The normalized spacial score (nSPS) is 18.8. The topological polar surface area (TPSA) is 146 Å². The standard InChI is InChI=1S/C31H44FN3O7/c1-20(19-21(2)24-16-17-25(40-7)29(38)42-24)11-8-9-13-26(36)35-27(31(4,5)6)28(37)34-18-10-12-23(41-30(33)39)15-14-22(3)32/h8-11,13-14,17-19,21,23-24,27H,12,15-16H2,1-7H3,(H2,33,39)(H,34,37)(H,35,36)/b11-8-,13-9-,18-10-,20-19+,22-14+/t21-,23+,24-,27+/m0/s1. The first-order chi connectivity index (χ1) is 19.6. The molecule has 0 saturated heterocycles. The van der Waals surface area contributed by atoms with Crippen LogP contribution in [0.25, 0.3) is 0 Å². The minimum absolute atomic E-state index is 0.0293. The number of hydrogen-bond acceptors (Lipinski definition) is 7. The number of primary amides is 1. The molecule has 1 aliphatic rings. The largest absolute Gasteiger partial charge is 0.490 e. The first-order valence-electron chi connectivity index (χ1n) is 13.7. The summed E-state index contributed by atoms with van der Waals surface area (Å²) in [6.45, 7) is 10.6. The number of ether oxygens (including phenoxy) is 3. The quantitative estimate of drug-likeness (QED) is 0.150. The van der Waals surface area contributed by atoms with Crippen molar-refractivity contribution in [1.82, 2.24) is 10.6 Å². The molecule has 232 valence electrons. The summed E-state index contributed by atoms with van der Waals surface area (Å²) in [4.78, 5) is 48.4. The zero-order chi connectivity index (χ0) is 31.9. The number of halogens is 1. The van der Waals surface area contributed by atoms with Crippen molar-refractivity contribution in [3.63, 3.8) is 0 Å². The number of allylic oxidation sites excluding steroid dienone is 5. The first kappa shape index (κ1) is 35.9. The summed E-state index contributed by atoms with van der Waals surface area (Å²) < 4.78 is 28.4. The molecule has 0 fully saturated rings. The Bertz CT molecular complexity index is 1140. The number of hydrogen-bond donors (Lipinski definition) is 3. The highest BCUT2D eigenvalue weighted by molar-refractivity contribution is 5.93. The van der Waals surface area contributed by atoms with Crippen LogP contribution in [0.15, 0.2) is 72.0 Å². The summed E-state index contributed by atoms with van der Waals surface area (Å²) >= 11 is 0. The zero-order valence-electron chi connectivity index (χ0n) is 25.4. The minimum Gasteiger partial charge on any atom is -0.490 e. The fourth-order valence-electron chi connectivity index (χ4n) is 3.93. The third-order valence-electron chi connectivity index (χ3n) is 6.15. The number of amides is 3. The molecule has 0 radical (unpaired) electrons. The van der Waals surface area contributed by atoms with Gasteiger partial charge in [0, 0.05) is 31.3 Å². The van der Waals surface area contributed by atoms with Crippen LogP contribution in [0.1, 0.15) is 60.8 Å². The molecule has 0 aromatic carbocycles. The number of carbonyl (C=O) groups excluding carboxylic acids is 4. The maximum absolute atomic E-state index is 13.0. The van der Waals surface area contributed by atoms with Crippen LogP contribution < -0.4 is 16.4 Å². The number of nitrogens with one attached hydrogen (secondary N) is 2. The fourth-order valence-corrected chi connectivity index (χ4v) is 3.93. The molecule has 10 nitrogen and oxygen atoms in total. The van der Waals surface area contributed by atoms with Crippen molar-refractivity contribution in [3.8, 4) is 0 Å². The number of nitrogens with two attached hydrogens (primary N) is 1. The van der Waals surface area contributed by atoms with E-state index in [4.69, 9.17) is 19.9 Å². The Morgan fingerprint density at radius 2 is 1.86 bits per heavy atom. The van der Waals surface area contributed by atoms with Gasteiger partial charge in [-0.3, -0.25) is 9.59 Å². The van der Waals surface area contributed by atoms with E-state index in [9.17, 15) is 23.6 Å². The van der Waals surface area contributed by atoms with Crippen molar-refractivity contribution >= 4 is 23.9 Å². The Morgan fingerprint density at radius 1 is 1.19 bits per heavy atom. The summed E-state index contributed by atoms with van der Waals surface area (Å²) in [6.07, 6.45) is 13.2. The maximum Gasteiger partial charge on any atom is 0.404 e. The van der Waals surface area contributed by atoms with E-state index in [0.29, 0.717) is 6.42 Å². The van der Waals surface area contributed by atoms with Crippen LogP contribution in [0, 0.1) is 11.3 Å². The number of rotatable bonds is 14. The van der Waals surface area contributed by atoms with Gasteiger partial charge in [0.15, 0.2) is 5.76 Å². The van der Waals surface area contributed by atoms with Gasteiger partial charge in [0.2, 0.25) is 11.8 Å². The van der Waals surface area contributed by atoms with E-state index in [-0.39, 0.29) is 30.6 Å². The van der Waals surface area contributed by atoms with Gasteiger partial charge in [0.05, 0.1) is 12.9 Å². The van der Waals surface area contributed by atoms with E-state index >= 15 is 0 Å². The lowest BCUT2D eigenvalue weighted by Crippen LogP contribution is -2.52. The molecule has 4 atom stereocenters. The third-order valence-corrected chi connectivity index (χ3v) is 6.15. The average Bonchev–Trinajstić information content (AvgIpc) is 2.89. The number of esters is 1. The average molecular weight is 590 g/mol. The Labute approximate surface area is 247 Å². The van der Waals surface area contributed by atoms with E-state index in [1.807, 2.05) is 46.8 Å². The molecule has 0 aromatic heterocycles. The summed E-state index contributed by atoms with van der Waals surface area (Å²) in [7, 11) is 1.43. The predicted octanol–water partition coefficient (Wildman–Crippen LogP) is 4.81. The van der Waals surface area contributed by atoms with Gasteiger partial charge in [-0.25, -0.2) is 14.0 Å². The van der Waals surface area contributed by atoms with Crippen LogP contribution >= 0.6 is 0 Å². The Balaban J connectivity index is 2.70. The molecule has 42 heavy (non-hydrogen) atoms. The lowest BCUT2D eigenvalue weighted by molar-refractivity contribution is -0.151. The molecule has 4 N–H and O–H groups in total. The van der Waals surface area contributed by atoms with Crippen molar-refractivity contribution in [2.75, 3.05) is 7.11 Å². The van der Waals surface area contributed by atoms with Crippen LogP contribution in [0.5, 0.6) is 0 Å². The number of cyclic esters (lactones) is 1. The third kappa shape index (κ3) is 14.0. The summed E-state index contributed by atoms with van der Waals surface area (Å²) in [5, 5.41) is 5.34. The second-order valence-electron chi connectivity index (χ2n) is 11.0. The number of carbonyl (C=O) groups is 4. The van der Waals surface area contributed by atoms with Crippen molar-refractivity contribution < 1.29 is 37.8 Å². The molecule has 0 bridgehead atoms. The van der Waals surface area contributed by atoms with Crippen molar-refractivity contribution in [2.24, 2.45) is 17.1 Å². The van der Waals surface area contributed by atoms with Gasteiger partial charge in [0.1, 0.15) is 18.2 Å². The lowest BCUT2D eigenvalue weighted by atomic mass is 9.86. The van der Waals surface area contributed by atoms with Crippen molar-refractivity contribution in [2.45, 2.75) is 79.1 Å². The van der Waals surface area contributed by atoms with Gasteiger partial charge < -0.3 is 30.6 Å². The molecule has 3 amide bonds. The highest BCUT2D eigenvalue weighted by Crippen LogP contribution is 2.23. The smallest absolute Gasteiger partial charge is 0.404 e. The Kier molecular flexibility index (Phi) is 15.0. The molecule has 1 rings (SSSR count). The van der Waals surface area contributed by atoms with E-state index in [2.05, 4.69) is 10.6 Å². The van der Waals surface area contributed by atoms with Crippen LogP contribution in [0.4, 0.5) is 9.18 Å². The molecular weight excluding hydrogens is 545 g/mol. The van der Waals surface area contributed by atoms with Gasteiger partial charge in [0.25, 0.3) is 0 Å². The SMILES string of the molecule is COC1=CC[C@@H]([C@@H](C)/C=C(C)/C=C\C=C/C(=O)N[C@H](C(=O)N/C=C\C[C@H](C/C=C(\C)F)OC(N)=O)C(C)(C)C)OC1=O. The second kappa shape index (κ2) is 17.6.